The van der Waals surface area contributed by atoms with Crippen LogP contribution in [0.5, 0.6) is 0 Å². The van der Waals surface area contributed by atoms with Gasteiger partial charge in [-0.15, -0.1) is 11.3 Å². The Morgan fingerprint density at radius 3 is 3.09 bits per heavy atom. The second kappa shape index (κ2) is 5.74. The summed E-state index contributed by atoms with van der Waals surface area (Å²) < 4.78 is 3.39. The van der Waals surface area contributed by atoms with Crippen molar-refractivity contribution in [3.8, 4) is 0 Å². The van der Waals surface area contributed by atoms with Crippen LogP contribution in [0.2, 0.25) is 5.02 Å². The van der Waals surface area contributed by atoms with Crippen molar-refractivity contribution in [2.75, 3.05) is 11.4 Å². The molecule has 10 heteroatoms. The van der Waals surface area contributed by atoms with Crippen LogP contribution in [0, 0.1) is 0 Å². The van der Waals surface area contributed by atoms with E-state index in [1.807, 2.05) is 12.1 Å². The van der Waals surface area contributed by atoms with Crippen LogP contribution in [0.25, 0.3) is 0 Å². The number of amides is 1. The first kappa shape index (κ1) is 14.3. The Labute approximate surface area is 140 Å². The summed E-state index contributed by atoms with van der Waals surface area (Å²) in [4.78, 5) is 16.0. The van der Waals surface area contributed by atoms with Crippen molar-refractivity contribution in [1.29, 1.82) is 0 Å². The minimum Gasteiger partial charge on any atom is -0.275 e. The summed E-state index contributed by atoms with van der Waals surface area (Å²) in [7, 11) is 0. The molecule has 4 rings (SSSR count). The number of fused-ring (bicyclic) bond motifs is 1. The summed E-state index contributed by atoms with van der Waals surface area (Å²) in [5, 5.41) is 16.2. The van der Waals surface area contributed by atoms with Crippen LogP contribution in [0.15, 0.2) is 24.5 Å². The number of carbonyl (C=O) groups excluding carboxylic acids is 1. The second-order valence-corrected chi connectivity index (χ2v) is 6.74. The molecule has 0 aromatic carbocycles. The quantitative estimate of drug-likeness (QED) is 0.718. The molecule has 118 valence electrons. The largest absolute Gasteiger partial charge is 0.275 e. The predicted molar refractivity (Wildman–Crippen MR) is 84.8 cm³/mol. The minimum atomic E-state index is -0.0736. The zero-order chi connectivity index (χ0) is 15.8. The monoisotopic (exact) mass is 349 g/mol. The Bertz CT molecular complexity index is 854. The highest BCUT2D eigenvalue weighted by atomic mass is 35.5. The fourth-order valence-electron chi connectivity index (χ4n) is 2.50. The molecule has 8 nitrogen and oxygen atoms in total. The van der Waals surface area contributed by atoms with Crippen molar-refractivity contribution in [3.05, 3.63) is 39.3 Å². The van der Waals surface area contributed by atoms with E-state index < -0.39 is 0 Å². The van der Waals surface area contributed by atoms with Gasteiger partial charge in [-0.1, -0.05) is 16.7 Å². The number of aromatic nitrogens is 6. The van der Waals surface area contributed by atoms with Gasteiger partial charge >= 0.3 is 0 Å². The van der Waals surface area contributed by atoms with Gasteiger partial charge in [0.05, 0.1) is 22.6 Å². The number of hydrogen-bond donors (Lipinski definition) is 0. The minimum absolute atomic E-state index is 0.0736. The van der Waals surface area contributed by atoms with E-state index in [1.54, 1.807) is 26.7 Å². The van der Waals surface area contributed by atoms with Gasteiger partial charge in [-0.05, 0) is 29.0 Å². The Morgan fingerprint density at radius 1 is 1.35 bits per heavy atom. The van der Waals surface area contributed by atoms with Crippen molar-refractivity contribution in [2.45, 2.75) is 19.5 Å². The third kappa shape index (κ3) is 2.73. The molecule has 1 aliphatic heterocycles. The average molecular weight is 350 g/mol. The zero-order valence-electron chi connectivity index (χ0n) is 12.0. The van der Waals surface area contributed by atoms with Crippen molar-refractivity contribution in [3.63, 3.8) is 0 Å². The zero-order valence-corrected chi connectivity index (χ0v) is 13.5. The maximum Gasteiger partial charge on any atom is 0.270 e. The number of anilines is 1. The van der Waals surface area contributed by atoms with Gasteiger partial charge in [0.15, 0.2) is 0 Å². The summed E-state index contributed by atoms with van der Waals surface area (Å²) in [5.41, 5.74) is 0. The molecule has 0 spiro atoms. The van der Waals surface area contributed by atoms with Gasteiger partial charge in [-0.3, -0.25) is 14.4 Å². The van der Waals surface area contributed by atoms with Gasteiger partial charge < -0.3 is 0 Å². The van der Waals surface area contributed by atoms with Crippen molar-refractivity contribution in [2.24, 2.45) is 0 Å². The third-order valence-electron chi connectivity index (χ3n) is 3.54. The number of thiophene rings is 1. The molecule has 3 aromatic heterocycles. The van der Waals surface area contributed by atoms with E-state index in [4.69, 9.17) is 11.6 Å². The molecule has 1 amide bonds. The topological polar surface area (TPSA) is 81.7 Å². The normalized spacial score (nSPS) is 14.0. The SMILES string of the molecule is O=C(c1ccc(Cn2cc(Cl)cn2)s1)N1CCCn2nnnc21. The summed E-state index contributed by atoms with van der Waals surface area (Å²) in [6, 6.07) is 3.76. The fraction of sp³-hybridized carbons (Fsp3) is 0.308. The summed E-state index contributed by atoms with van der Waals surface area (Å²) >= 11 is 7.30. The van der Waals surface area contributed by atoms with E-state index in [1.165, 1.54) is 11.3 Å². The van der Waals surface area contributed by atoms with Gasteiger partial charge in [-0.2, -0.15) is 5.10 Å². The van der Waals surface area contributed by atoms with E-state index in [0.29, 0.717) is 28.9 Å². The lowest BCUT2D eigenvalue weighted by molar-refractivity contribution is 0.0984. The lowest BCUT2D eigenvalue weighted by Gasteiger charge is -2.24. The highest BCUT2D eigenvalue weighted by Crippen LogP contribution is 2.24. The molecule has 0 unspecified atom stereocenters. The molecule has 4 heterocycles. The molecule has 23 heavy (non-hydrogen) atoms. The molecule has 0 radical (unpaired) electrons. The van der Waals surface area contributed by atoms with E-state index in [-0.39, 0.29) is 5.91 Å². The van der Waals surface area contributed by atoms with Crippen LogP contribution in [0.3, 0.4) is 0 Å². The number of rotatable bonds is 3. The van der Waals surface area contributed by atoms with Crippen LogP contribution in [-0.4, -0.2) is 42.4 Å². The first-order chi connectivity index (χ1) is 11.2. The van der Waals surface area contributed by atoms with Crippen LogP contribution < -0.4 is 4.90 Å². The van der Waals surface area contributed by atoms with Gasteiger partial charge in [0.2, 0.25) is 0 Å². The molecule has 3 aromatic rings. The molecule has 0 fully saturated rings. The molecular formula is C13H12ClN7OS. The lowest BCUT2D eigenvalue weighted by Crippen LogP contribution is -2.37. The first-order valence-electron chi connectivity index (χ1n) is 7.05. The molecule has 0 saturated heterocycles. The van der Waals surface area contributed by atoms with Crippen molar-refractivity contribution >= 4 is 34.8 Å². The average Bonchev–Trinajstić information content (AvgIpc) is 3.27. The number of tetrazole rings is 1. The number of hydrogen-bond acceptors (Lipinski definition) is 6. The predicted octanol–water partition coefficient (Wildman–Crippen LogP) is 1.68. The van der Waals surface area contributed by atoms with E-state index in [2.05, 4.69) is 20.6 Å². The Hall–Kier alpha value is -2.26. The first-order valence-corrected chi connectivity index (χ1v) is 8.25. The molecule has 0 aliphatic carbocycles. The number of aryl methyl sites for hydroxylation is 1. The second-order valence-electron chi connectivity index (χ2n) is 5.13. The fourth-order valence-corrected chi connectivity index (χ4v) is 3.61. The molecule has 0 N–H and O–H groups in total. The summed E-state index contributed by atoms with van der Waals surface area (Å²) in [6.45, 7) is 1.95. The summed E-state index contributed by atoms with van der Waals surface area (Å²) in [6.07, 6.45) is 4.18. The Balaban J connectivity index is 1.54. The van der Waals surface area contributed by atoms with Crippen LogP contribution in [-0.2, 0) is 13.1 Å². The van der Waals surface area contributed by atoms with Gasteiger partial charge in [0.25, 0.3) is 11.9 Å². The van der Waals surface area contributed by atoms with Crippen LogP contribution in [0.1, 0.15) is 21.0 Å². The number of nitrogens with zero attached hydrogens (tertiary/aromatic N) is 7. The van der Waals surface area contributed by atoms with Crippen LogP contribution in [0.4, 0.5) is 5.95 Å². The Kier molecular flexibility index (Phi) is 3.58. The van der Waals surface area contributed by atoms with Gasteiger partial charge in [-0.25, -0.2) is 4.68 Å². The molecule has 0 saturated carbocycles. The molecular weight excluding hydrogens is 338 g/mol. The van der Waals surface area contributed by atoms with Crippen LogP contribution >= 0.6 is 22.9 Å². The smallest absolute Gasteiger partial charge is 0.270 e. The number of carbonyl (C=O) groups is 1. The van der Waals surface area contributed by atoms with E-state index in [0.717, 1.165) is 17.8 Å². The van der Waals surface area contributed by atoms with Crippen molar-refractivity contribution < 1.29 is 4.79 Å². The van der Waals surface area contributed by atoms with Gasteiger partial charge in [0, 0.05) is 24.2 Å². The van der Waals surface area contributed by atoms with Crippen molar-refractivity contribution in [1.82, 2.24) is 30.0 Å². The van der Waals surface area contributed by atoms with Gasteiger partial charge in [0.1, 0.15) is 0 Å². The number of halogens is 1. The lowest BCUT2D eigenvalue weighted by atomic mass is 10.3. The summed E-state index contributed by atoms with van der Waals surface area (Å²) in [5.74, 6) is 0.436. The third-order valence-corrected chi connectivity index (χ3v) is 4.80. The maximum absolute atomic E-state index is 12.7. The molecule has 0 bridgehead atoms. The standard InChI is InChI=1S/C13H12ClN7OS/c14-9-6-15-19(7-9)8-10-2-3-11(23-10)12(22)20-4-1-5-21-13(20)16-17-18-21/h2-3,6-7H,1,4-5,8H2. The maximum atomic E-state index is 12.7. The Morgan fingerprint density at radius 2 is 2.26 bits per heavy atom. The van der Waals surface area contributed by atoms with E-state index >= 15 is 0 Å². The highest BCUT2D eigenvalue weighted by molar-refractivity contribution is 7.14. The molecule has 1 aliphatic rings. The van der Waals surface area contributed by atoms with E-state index in [9.17, 15) is 4.79 Å². The molecule has 0 atom stereocenters. The highest BCUT2D eigenvalue weighted by Gasteiger charge is 2.27.